The number of carbonyl (C=O) groups is 1. The standard InChI is InChI=1S/C23H24ClN5O3S/c1-33(31,32)21-10-19(24)6-7-20(21)16-4-2-15(3-5-16)18-12-29(13-18)23(30)28-9-8-17(11-28)22-25-14-26-27-22/h2-7,10,14,17-18H,8-9,11-13H2,1H3,(H,25,26,27)/t17-/m0/s1. The molecule has 0 saturated carbocycles. The number of benzene rings is 2. The Morgan fingerprint density at radius 3 is 2.45 bits per heavy atom. The molecule has 2 aliphatic rings. The molecule has 0 radical (unpaired) electrons. The number of hydrogen-bond donors (Lipinski definition) is 1. The lowest BCUT2D eigenvalue weighted by atomic mass is 9.90. The summed E-state index contributed by atoms with van der Waals surface area (Å²) in [4.78, 5) is 21.1. The minimum absolute atomic E-state index is 0.0730. The number of hydrogen-bond acceptors (Lipinski definition) is 5. The van der Waals surface area contributed by atoms with Gasteiger partial charge >= 0.3 is 6.03 Å². The summed E-state index contributed by atoms with van der Waals surface area (Å²) in [5.74, 6) is 1.33. The smallest absolute Gasteiger partial charge is 0.320 e. The average Bonchev–Trinajstić information content (AvgIpc) is 3.44. The van der Waals surface area contributed by atoms with Crippen molar-refractivity contribution >= 4 is 27.5 Å². The van der Waals surface area contributed by atoms with E-state index >= 15 is 0 Å². The molecule has 10 heteroatoms. The monoisotopic (exact) mass is 485 g/mol. The number of carbonyl (C=O) groups excluding carboxylic acids is 1. The zero-order valence-electron chi connectivity index (χ0n) is 18.1. The van der Waals surface area contributed by atoms with Gasteiger partial charge in [-0.2, -0.15) is 5.10 Å². The summed E-state index contributed by atoms with van der Waals surface area (Å²) < 4.78 is 24.4. The summed E-state index contributed by atoms with van der Waals surface area (Å²) in [5.41, 5.74) is 2.59. The molecule has 2 aliphatic heterocycles. The summed E-state index contributed by atoms with van der Waals surface area (Å²) in [5, 5.41) is 7.19. The summed E-state index contributed by atoms with van der Waals surface area (Å²) >= 11 is 6.02. The Bertz CT molecular complexity index is 1270. The molecule has 172 valence electrons. The maximum Gasteiger partial charge on any atom is 0.320 e. The van der Waals surface area contributed by atoms with Crippen LogP contribution >= 0.6 is 11.6 Å². The number of nitrogens with zero attached hydrogens (tertiary/aromatic N) is 4. The van der Waals surface area contributed by atoms with Crippen LogP contribution in [0.15, 0.2) is 53.7 Å². The molecular formula is C23H24ClN5O3S. The number of nitrogens with one attached hydrogen (secondary N) is 1. The van der Waals surface area contributed by atoms with E-state index in [0.717, 1.165) is 29.9 Å². The Balaban J connectivity index is 1.22. The van der Waals surface area contributed by atoms with Gasteiger partial charge in [-0.15, -0.1) is 0 Å². The highest BCUT2D eigenvalue weighted by molar-refractivity contribution is 7.90. The first kappa shape index (κ1) is 21.9. The minimum Gasteiger partial charge on any atom is -0.324 e. The number of sulfone groups is 1. The van der Waals surface area contributed by atoms with Gasteiger partial charge in [-0.25, -0.2) is 18.2 Å². The molecule has 5 rings (SSSR count). The molecular weight excluding hydrogens is 462 g/mol. The predicted molar refractivity (Wildman–Crippen MR) is 125 cm³/mol. The maximum absolute atomic E-state index is 12.9. The number of halogens is 1. The molecule has 8 nitrogen and oxygen atoms in total. The molecule has 0 spiro atoms. The highest BCUT2D eigenvalue weighted by Crippen LogP contribution is 2.34. The SMILES string of the molecule is CS(=O)(=O)c1cc(Cl)ccc1-c1ccc(C2CN(C(=O)N3CC[C@H](c4ncn[nH]4)C3)C2)cc1. The van der Waals surface area contributed by atoms with E-state index in [1.165, 1.54) is 18.6 Å². The summed E-state index contributed by atoms with van der Waals surface area (Å²) in [6.07, 6.45) is 3.57. The van der Waals surface area contributed by atoms with Crippen molar-refractivity contribution in [1.29, 1.82) is 0 Å². The van der Waals surface area contributed by atoms with Gasteiger partial charge in [0.1, 0.15) is 12.2 Å². The molecule has 2 fully saturated rings. The fourth-order valence-corrected chi connectivity index (χ4v) is 5.75. The number of aromatic nitrogens is 3. The van der Waals surface area contributed by atoms with Gasteiger partial charge in [0.15, 0.2) is 9.84 Å². The van der Waals surface area contributed by atoms with Crippen LogP contribution < -0.4 is 0 Å². The Morgan fingerprint density at radius 1 is 1.06 bits per heavy atom. The second kappa shape index (κ2) is 8.46. The van der Waals surface area contributed by atoms with Crippen molar-refractivity contribution in [2.75, 3.05) is 32.4 Å². The van der Waals surface area contributed by atoms with Crippen LogP contribution in [0.5, 0.6) is 0 Å². The Hall–Kier alpha value is -2.91. The molecule has 0 unspecified atom stereocenters. The number of likely N-dealkylation sites (tertiary alicyclic amines) is 2. The second-order valence-corrected chi connectivity index (χ2v) is 11.1. The molecule has 0 aliphatic carbocycles. The largest absolute Gasteiger partial charge is 0.324 e. The third-order valence-corrected chi connectivity index (χ3v) is 7.84. The van der Waals surface area contributed by atoms with E-state index in [2.05, 4.69) is 15.2 Å². The molecule has 1 atom stereocenters. The van der Waals surface area contributed by atoms with Crippen LogP contribution in [0.1, 0.15) is 29.6 Å². The van der Waals surface area contributed by atoms with Crippen LogP contribution in [-0.4, -0.2) is 71.9 Å². The Kier molecular flexibility index (Phi) is 5.62. The topological polar surface area (TPSA) is 99.3 Å². The number of urea groups is 1. The van der Waals surface area contributed by atoms with Crippen molar-refractivity contribution in [1.82, 2.24) is 25.0 Å². The molecule has 1 aromatic heterocycles. The highest BCUT2D eigenvalue weighted by atomic mass is 35.5. The lowest BCUT2D eigenvalue weighted by molar-refractivity contribution is 0.121. The van der Waals surface area contributed by atoms with Crippen molar-refractivity contribution in [2.45, 2.75) is 23.2 Å². The number of rotatable bonds is 4. The van der Waals surface area contributed by atoms with Gasteiger partial charge in [-0.3, -0.25) is 5.10 Å². The quantitative estimate of drug-likeness (QED) is 0.609. The second-order valence-electron chi connectivity index (χ2n) is 8.72. The van der Waals surface area contributed by atoms with Gasteiger partial charge in [-0.05, 0) is 29.7 Å². The summed E-state index contributed by atoms with van der Waals surface area (Å²) in [6.45, 7) is 2.74. The van der Waals surface area contributed by atoms with E-state index < -0.39 is 9.84 Å². The molecule has 2 amide bonds. The molecule has 1 N–H and O–H groups in total. The van der Waals surface area contributed by atoms with Gasteiger partial charge in [0.05, 0.1) is 4.90 Å². The Morgan fingerprint density at radius 2 is 1.79 bits per heavy atom. The van der Waals surface area contributed by atoms with Crippen LogP contribution in [0.2, 0.25) is 5.02 Å². The third-order valence-electron chi connectivity index (χ3n) is 6.47. The lowest BCUT2D eigenvalue weighted by Gasteiger charge is -2.41. The van der Waals surface area contributed by atoms with Crippen LogP contribution in [0.4, 0.5) is 4.79 Å². The van der Waals surface area contributed by atoms with Gasteiger partial charge in [0.25, 0.3) is 0 Å². The molecule has 2 aromatic carbocycles. The van der Waals surface area contributed by atoms with Crippen LogP contribution in [0.25, 0.3) is 11.1 Å². The van der Waals surface area contributed by atoms with Crippen molar-refractivity contribution in [2.24, 2.45) is 0 Å². The number of amides is 2. The minimum atomic E-state index is -3.41. The molecule has 2 saturated heterocycles. The van der Waals surface area contributed by atoms with Crippen LogP contribution in [0.3, 0.4) is 0 Å². The van der Waals surface area contributed by atoms with Gasteiger partial charge in [-0.1, -0.05) is 41.9 Å². The van der Waals surface area contributed by atoms with Crippen molar-refractivity contribution in [3.8, 4) is 11.1 Å². The molecule has 33 heavy (non-hydrogen) atoms. The first-order valence-electron chi connectivity index (χ1n) is 10.8. The van der Waals surface area contributed by atoms with E-state index in [1.54, 1.807) is 12.1 Å². The molecule has 3 heterocycles. The van der Waals surface area contributed by atoms with E-state index in [-0.39, 0.29) is 22.8 Å². The van der Waals surface area contributed by atoms with Crippen LogP contribution in [0, 0.1) is 0 Å². The van der Waals surface area contributed by atoms with E-state index in [9.17, 15) is 13.2 Å². The van der Waals surface area contributed by atoms with E-state index in [1.807, 2.05) is 34.1 Å². The maximum atomic E-state index is 12.9. The number of H-pyrrole nitrogens is 1. The fraction of sp³-hybridized carbons (Fsp3) is 0.348. The Labute approximate surface area is 197 Å². The zero-order valence-corrected chi connectivity index (χ0v) is 19.7. The summed E-state index contributed by atoms with van der Waals surface area (Å²) in [7, 11) is -3.41. The highest BCUT2D eigenvalue weighted by Gasteiger charge is 2.37. The van der Waals surface area contributed by atoms with E-state index in [4.69, 9.17) is 11.6 Å². The first-order valence-corrected chi connectivity index (χ1v) is 13.1. The third kappa shape index (κ3) is 4.35. The van der Waals surface area contributed by atoms with Gasteiger partial charge in [0.2, 0.25) is 0 Å². The lowest BCUT2D eigenvalue weighted by Crippen LogP contribution is -2.53. The normalized spacial score (nSPS) is 19.0. The van der Waals surface area contributed by atoms with Gasteiger partial charge < -0.3 is 9.80 Å². The van der Waals surface area contributed by atoms with Crippen LogP contribution in [-0.2, 0) is 9.84 Å². The van der Waals surface area contributed by atoms with Crippen molar-refractivity contribution in [3.05, 3.63) is 65.2 Å². The first-order chi connectivity index (χ1) is 15.8. The fourth-order valence-electron chi connectivity index (χ4n) is 4.59. The van der Waals surface area contributed by atoms with Crippen molar-refractivity contribution in [3.63, 3.8) is 0 Å². The summed E-state index contributed by atoms with van der Waals surface area (Å²) in [6, 6.07) is 12.9. The van der Waals surface area contributed by atoms with E-state index in [0.29, 0.717) is 30.2 Å². The molecule has 0 bridgehead atoms. The molecule has 3 aromatic rings. The number of aromatic amines is 1. The predicted octanol–water partition coefficient (Wildman–Crippen LogP) is 3.54. The van der Waals surface area contributed by atoms with Gasteiger partial charge in [0, 0.05) is 54.9 Å². The zero-order chi connectivity index (χ0) is 23.2. The average molecular weight is 486 g/mol. The van der Waals surface area contributed by atoms with Crippen molar-refractivity contribution < 1.29 is 13.2 Å².